The summed E-state index contributed by atoms with van der Waals surface area (Å²) < 4.78 is 6.05. The SMILES string of the molecule is C#CCNC(=NCc1ccnc(OC2CCC(C)CC2)c1)NCC.I. The van der Waals surface area contributed by atoms with Crippen molar-refractivity contribution in [1.82, 2.24) is 15.6 Å². The van der Waals surface area contributed by atoms with E-state index >= 15 is 0 Å². The van der Waals surface area contributed by atoms with Crippen molar-refractivity contribution in [3.05, 3.63) is 23.9 Å². The molecule has 0 aromatic carbocycles. The maximum atomic E-state index is 6.05. The van der Waals surface area contributed by atoms with Crippen LogP contribution in [-0.2, 0) is 6.54 Å². The van der Waals surface area contributed by atoms with Gasteiger partial charge in [0.15, 0.2) is 5.96 Å². The number of ether oxygens (including phenoxy) is 1. The van der Waals surface area contributed by atoms with Gasteiger partial charge >= 0.3 is 0 Å². The Hall–Kier alpha value is -1.49. The highest BCUT2D eigenvalue weighted by molar-refractivity contribution is 14.0. The summed E-state index contributed by atoms with van der Waals surface area (Å²) in [6, 6.07) is 3.94. The third-order valence-corrected chi connectivity index (χ3v) is 4.17. The zero-order valence-corrected chi connectivity index (χ0v) is 17.5. The van der Waals surface area contributed by atoms with Gasteiger partial charge in [0, 0.05) is 18.8 Å². The molecule has 0 spiro atoms. The molecule has 0 unspecified atom stereocenters. The molecule has 0 aliphatic heterocycles. The lowest BCUT2D eigenvalue weighted by molar-refractivity contribution is 0.130. The van der Waals surface area contributed by atoms with E-state index in [0.29, 0.717) is 25.1 Å². The van der Waals surface area contributed by atoms with E-state index in [1.807, 2.05) is 19.1 Å². The number of hydrogen-bond donors (Lipinski definition) is 2. The first-order chi connectivity index (χ1) is 11.7. The molecule has 0 amide bonds. The Labute approximate surface area is 168 Å². The Balaban J connectivity index is 0.00000312. The Morgan fingerprint density at radius 2 is 2.12 bits per heavy atom. The Bertz CT molecular complexity index is 577. The van der Waals surface area contributed by atoms with Gasteiger partial charge < -0.3 is 15.4 Å². The van der Waals surface area contributed by atoms with Crippen molar-refractivity contribution < 1.29 is 4.74 Å². The zero-order chi connectivity index (χ0) is 17.2. The molecule has 0 saturated heterocycles. The largest absolute Gasteiger partial charge is 0.474 e. The van der Waals surface area contributed by atoms with Gasteiger partial charge in [0.05, 0.1) is 13.1 Å². The van der Waals surface area contributed by atoms with Gasteiger partial charge in [-0.3, -0.25) is 0 Å². The molecule has 0 atom stereocenters. The van der Waals surface area contributed by atoms with Crippen LogP contribution < -0.4 is 15.4 Å². The molecule has 2 rings (SSSR count). The fourth-order valence-electron chi connectivity index (χ4n) is 2.78. The van der Waals surface area contributed by atoms with E-state index in [2.05, 4.69) is 33.5 Å². The average molecular weight is 456 g/mol. The number of terminal acetylenes is 1. The Morgan fingerprint density at radius 1 is 1.36 bits per heavy atom. The minimum atomic E-state index is 0. The predicted molar refractivity (Wildman–Crippen MR) is 113 cm³/mol. The molecule has 25 heavy (non-hydrogen) atoms. The van der Waals surface area contributed by atoms with Crippen LogP contribution >= 0.6 is 24.0 Å². The summed E-state index contributed by atoms with van der Waals surface area (Å²) in [4.78, 5) is 8.87. The number of guanidine groups is 1. The molecule has 1 aromatic rings. The lowest BCUT2D eigenvalue weighted by Crippen LogP contribution is -2.37. The summed E-state index contributed by atoms with van der Waals surface area (Å²) in [5.74, 6) is 4.79. The highest BCUT2D eigenvalue weighted by Crippen LogP contribution is 2.26. The van der Waals surface area contributed by atoms with E-state index in [1.54, 1.807) is 6.20 Å². The molecule has 0 bridgehead atoms. The van der Waals surface area contributed by atoms with E-state index < -0.39 is 0 Å². The maximum absolute atomic E-state index is 6.05. The second-order valence-corrected chi connectivity index (χ2v) is 6.25. The van der Waals surface area contributed by atoms with E-state index in [1.165, 1.54) is 12.8 Å². The topological polar surface area (TPSA) is 58.5 Å². The molecule has 5 nitrogen and oxygen atoms in total. The summed E-state index contributed by atoms with van der Waals surface area (Å²) in [7, 11) is 0. The summed E-state index contributed by atoms with van der Waals surface area (Å²) in [5.41, 5.74) is 1.07. The number of hydrogen-bond acceptors (Lipinski definition) is 3. The van der Waals surface area contributed by atoms with Crippen LogP contribution in [0.15, 0.2) is 23.3 Å². The van der Waals surface area contributed by atoms with Crippen LogP contribution in [0, 0.1) is 18.3 Å². The molecule has 0 radical (unpaired) electrons. The summed E-state index contributed by atoms with van der Waals surface area (Å²) >= 11 is 0. The lowest BCUT2D eigenvalue weighted by Gasteiger charge is -2.26. The number of aliphatic imine (C=N–C) groups is 1. The van der Waals surface area contributed by atoms with E-state index in [9.17, 15) is 0 Å². The van der Waals surface area contributed by atoms with Gasteiger partial charge in [-0.1, -0.05) is 12.8 Å². The standard InChI is InChI=1S/C19H28N4O.HI/c1-4-11-22-19(20-5-2)23-14-16-10-12-21-18(13-16)24-17-8-6-15(3)7-9-17;/h1,10,12-13,15,17H,5-9,11,14H2,2-3H3,(H2,20,22,23);1H. The quantitative estimate of drug-likeness (QED) is 0.299. The van der Waals surface area contributed by atoms with Crippen molar-refractivity contribution in [3.63, 3.8) is 0 Å². The van der Waals surface area contributed by atoms with Gasteiger partial charge in [0.2, 0.25) is 5.88 Å². The van der Waals surface area contributed by atoms with Gasteiger partial charge in [-0.2, -0.15) is 0 Å². The molecule has 1 fully saturated rings. The van der Waals surface area contributed by atoms with Crippen LogP contribution in [0.1, 0.15) is 45.1 Å². The highest BCUT2D eigenvalue weighted by atomic mass is 127. The number of halogens is 1. The molecule has 1 saturated carbocycles. The number of rotatable bonds is 6. The van der Waals surface area contributed by atoms with Crippen molar-refractivity contribution in [2.45, 2.75) is 52.2 Å². The molecular weight excluding hydrogens is 427 g/mol. The smallest absolute Gasteiger partial charge is 0.213 e. The normalized spacial score (nSPS) is 20.1. The second-order valence-electron chi connectivity index (χ2n) is 6.25. The first-order valence-electron chi connectivity index (χ1n) is 8.78. The van der Waals surface area contributed by atoms with Gasteiger partial charge in [-0.25, -0.2) is 9.98 Å². The minimum Gasteiger partial charge on any atom is -0.474 e. The zero-order valence-electron chi connectivity index (χ0n) is 15.1. The van der Waals surface area contributed by atoms with Crippen LogP contribution in [0.25, 0.3) is 0 Å². The van der Waals surface area contributed by atoms with Crippen molar-refractivity contribution in [1.29, 1.82) is 0 Å². The Kier molecular flexibility index (Phi) is 10.3. The van der Waals surface area contributed by atoms with E-state index in [4.69, 9.17) is 11.2 Å². The fraction of sp³-hybridized carbons (Fsp3) is 0.579. The van der Waals surface area contributed by atoms with Crippen molar-refractivity contribution >= 4 is 29.9 Å². The molecule has 1 aliphatic rings. The first-order valence-corrected chi connectivity index (χ1v) is 8.78. The van der Waals surface area contributed by atoms with Crippen LogP contribution in [0.5, 0.6) is 5.88 Å². The van der Waals surface area contributed by atoms with Gasteiger partial charge in [-0.15, -0.1) is 30.4 Å². The molecular formula is C19H29IN4O. The number of aromatic nitrogens is 1. The van der Waals surface area contributed by atoms with Crippen molar-refractivity contribution in [2.75, 3.05) is 13.1 Å². The molecule has 1 heterocycles. The Morgan fingerprint density at radius 3 is 2.80 bits per heavy atom. The van der Waals surface area contributed by atoms with Crippen molar-refractivity contribution in [3.8, 4) is 18.2 Å². The summed E-state index contributed by atoms with van der Waals surface area (Å²) in [6.07, 6.45) is 12.1. The van der Waals surface area contributed by atoms with Gasteiger partial charge in [0.1, 0.15) is 6.10 Å². The number of pyridine rings is 1. The van der Waals surface area contributed by atoms with Crippen LogP contribution in [0.2, 0.25) is 0 Å². The first kappa shape index (κ1) is 21.6. The number of nitrogens with one attached hydrogen (secondary N) is 2. The van der Waals surface area contributed by atoms with Crippen LogP contribution in [-0.4, -0.2) is 30.1 Å². The fourth-order valence-corrected chi connectivity index (χ4v) is 2.78. The molecule has 1 aromatic heterocycles. The van der Waals surface area contributed by atoms with Crippen LogP contribution in [0.3, 0.4) is 0 Å². The third-order valence-electron chi connectivity index (χ3n) is 4.17. The maximum Gasteiger partial charge on any atom is 0.213 e. The molecule has 2 N–H and O–H groups in total. The molecule has 1 aliphatic carbocycles. The molecule has 6 heteroatoms. The van der Waals surface area contributed by atoms with E-state index in [-0.39, 0.29) is 24.0 Å². The number of nitrogens with zero attached hydrogens (tertiary/aromatic N) is 2. The summed E-state index contributed by atoms with van der Waals surface area (Å²) in [6.45, 7) is 6.14. The predicted octanol–water partition coefficient (Wildman–Crippen LogP) is 3.35. The van der Waals surface area contributed by atoms with Crippen LogP contribution in [0.4, 0.5) is 0 Å². The average Bonchev–Trinajstić information content (AvgIpc) is 2.60. The summed E-state index contributed by atoms with van der Waals surface area (Å²) in [5, 5.41) is 6.25. The lowest BCUT2D eigenvalue weighted by atomic mass is 9.89. The monoisotopic (exact) mass is 456 g/mol. The highest BCUT2D eigenvalue weighted by Gasteiger charge is 2.19. The second kappa shape index (κ2) is 12.0. The minimum absolute atomic E-state index is 0. The van der Waals surface area contributed by atoms with Crippen molar-refractivity contribution in [2.24, 2.45) is 10.9 Å². The molecule has 138 valence electrons. The van der Waals surface area contributed by atoms with Gasteiger partial charge in [0.25, 0.3) is 0 Å². The third kappa shape index (κ3) is 7.95. The van der Waals surface area contributed by atoms with Gasteiger partial charge in [-0.05, 0) is 50.2 Å². The van der Waals surface area contributed by atoms with E-state index in [0.717, 1.165) is 36.8 Å².